The minimum atomic E-state index is -0.587. The van der Waals surface area contributed by atoms with E-state index in [-0.39, 0.29) is 42.8 Å². The van der Waals surface area contributed by atoms with E-state index in [1.54, 1.807) is 21.9 Å². The second-order valence-electron chi connectivity index (χ2n) is 8.64. The fourth-order valence-corrected chi connectivity index (χ4v) is 4.34. The van der Waals surface area contributed by atoms with E-state index < -0.39 is 11.2 Å². The standard InChI is InChI=1S/C26H30N6O4/c1-2-30(23-24(27)32(26(36)29-25(23)35)17-18-7-4-3-5-8-18)16-14-21(33)28-19-10-12-20(13-11-19)31-15-6-9-22(31)34/h3-5,7-8,10-13H,2,6,9,14-17,27H2,1H3,(H,28,33)(H,29,35,36). The summed E-state index contributed by atoms with van der Waals surface area (Å²) in [7, 11) is 0. The van der Waals surface area contributed by atoms with E-state index in [4.69, 9.17) is 5.73 Å². The summed E-state index contributed by atoms with van der Waals surface area (Å²) in [4.78, 5) is 55.4. The number of nitrogens with one attached hydrogen (secondary N) is 2. The normalized spacial score (nSPS) is 13.1. The fourth-order valence-electron chi connectivity index (χ4n) is 4.34. The number of amides is 2. The number of nitrogens with two attached hydrogens (primary N) is 1. The van der Waals surface area contributed by atoms with Gasteiger partial charge in [0, 0.05) is 43.9 Å². The Morgan fingerprint density at radius 1 is 1.08 bits per heavy atom. The summed E-state index contributed by atoms with van der Waals surface area (Å²) in [6, 6.07) is 16.5. The van der Waals surface area contributed by atoms with Crippen LogP contribution in [0.5, 0.6) is 0 Å². The lowest BCUT2D eigenvalue weighted by molar-refractivity contribution is -0.117. The molecule has 0 saturated carbocycles. The minimum absolute atomic E-state index is 0.0573. The Labute approximate surface area is 208 Å². The lowest BCUT2D eigenvalue weighted by Gasteiger charge is -2.24. The molecule has 188 valence electrons. The summed E-state index contributed by atoms with van der Waals surface area (Å²) < 4.78 is 1.32. The average molecular weight is 491 g/mol. The first-order chi connectivity index (χ1) is 17.4. The number of carbonyl (C=O) groups excluding carboxylic acids is 2. The molecule has 0 bridgehead atoms. The summed E-state index contributed by atoms with van der Waals surface area (Å²) in [6.07, 6.45) is 1.52. The smallest absolute Gasteiger partial charge is 0.330 e. The lowest BCUT2D eigenvalue weighted by Crippen LogP contribution is -2.39. The maximum absolute atomic E-state index is 12.6. The molecule has 10 nitrogen and oxygen atoms in total. The maximum atomic E-state index is 12.6. The van der Waals surface area contributed by atoms with E-state index in [2.05, 4.69) is 10.3 Å². The van der Waals surface area contributed by atoms with Gasteiger partial charge in [0.2, 0.25) is 11.8 Å². The Balaban J connectivity index is 1.43. The van der Waals surface area contributed by atoms with Crippen molar-refractivity contribution in [2.75, 3.05) is 40.5 Å². The van der Waals surface area contributed by atoms with Crippen LogP contribution >= 0.6 is 0 Å². The quantitative estimate of drug-likeness (QED) is 0.421. The van der Waals surface area contributed by atoms with E-state index in [0.29, 0.717) is 25.2 Å². The molecule has 0 aliphatic carbocycles. The number of nitrogens with zero attached hydrogens (tertiary/aromatic N) is 3. The second kappa shape index (κ2) is 10.9. The van der Waals surface area contributed by atoms with Crippen LogP contribution in [0.15, 0.2) is 64.2 Å². The molecule has 0 radical (unpaired) electrons. The van der Waals surface area contributed by atoms with Crippen molar-refractivity contribution < 1.29 is 9.59 Å². The predicted octanol–water partition coefficient (Wildman–Crippen LogP) is 2.15. The van der Waals surface area contributed by atoms with Gasteiger partial charge in [0.25, 0.3) is 5.56 Å². The summed E-state index contributed by atoms with van der Waals surface area (Å²) >= 11 is 0. The number of hydrogen-bond donors (Lipinski definition) is 3. The summed E-state index contributed by atoms with van der Waals surface area (Å²) in [5.41, 5.74) is 7.58. The van der Waals surface area contributed by atoms with E-state index >= 15 is 0 Å². The van der Waals surface area contributed by atoms with Gasteiger partial charge in [-0.1, -0.05) is 30.3 Å². The van der Waals surface area contributed by atoms with Crippen LogP contribution in [0.2, 0.25) is 0 Å². The predicted molar refractivity (Wildman–Crippen MR) is 140 cm³/mol. The van der Waals surface area contributed by atoms with Gasteiger partial charge < -0.3 is 20.9 Å². The topological polar surface area (TPSA) is 134 Å². The molecule has 1 aliphatic heterocycles. The van der Waals surface area contributed by atoms with Gasteiger partial charge >= 0.3 is 5.69 Å². The van der Waals surface area contributed by atoms with Crippen molar-refractivity contribution in [3.63, 3.8) is 0 Å². The molecule has 2 heterocycles. The van der Waals surface area contributed by atoms with Crippen LogP contribution in [0.1, 0.15) is 31.7 Å². The highest BCUT2D eigenvalue weighted by atomic mass is 16.2. The molecule has 0 atom stereocenters. The van der Waals surface area contributed by atoms with Crippen molar-refractivity contribution in [2.45, 2.75) is 32.7 Å². The molecule has 2 aromatic carbocycles. The maximum Gasteiger partial charge on any atom is 0.330 e. The third kappa shape index (κ3) is 5.48. The van der Waals surface area contributed by atoms with Gasteiger partial charge in [-0.25, -0.2) is 4.79 Å². The number of H-pyrrole nitrogens is 1. The molecular weight excluding hydrogens is 460 g/mol. The molecule has 10 heteroatoms. The van der Waals surface area contributed by atoms with Gasteiger partial charge in [0.15, 0.2) is 0 Å². The highest BCUT2D eigenvalue weighted by Gasteiger charge is 2.22. The van der Waals surface area contributed by atoms with Crippen molar-refractivity contribution in [1.29, 1.82) is 0 Å². The van der Waals surface area contributed by atoms with Crippen LogP contribution in [0.3, 0.4) is 0 Å². The average Bonchev–Trinajstić information content (AvgIpc) is 3.30. The van der Waals surface area contributed by atoms with Gasteiger partial charge in [-0.15, -0.1) is 0 Å². The van der Waals surface area contributed by atoms with E-state index in [1.807, 2.05) is 49.4 Å². The third-order valence-corrected chi connectivity index (χ3v) is 6.24. The van der Waals surface area contributed by atoms with E-state index in [1.165, 1.54) is 4.57 Å². The Kier molecular flexibility index (Phi) is 7.53. The molecule has 4 rings (SSSR count). The Hall–Kier alpha value is -4.34. The number of nitrogen functional groups attached to an aromatic ring is 1. The molecule has 1 aliphatic rings. The zero-order valence-electron chi connectivity index (χ0n) is 20.2. The zero-order valence-corrected chi connectivity index (χ0v) is 20.2. The van der Waals surface area contributed by atoms with Crippen molar-refractivity contribution >= 4 is 34.7 Å². The first-order valence-electron chi connectivity index (χ1n) is 12.0. The van der Waals surface area contributed by atoms with Crippen LogP contribution in [0, 0.1) is 0 Å². The highest BCUT2D eigenvalue weighted by molar-refractivity contribution is 5.96. The van der Waals surface area contributed by atoms with Crippen molar-refractivity contribution in [2.24, 2.45) is 0 Å². The molecular formula is C26H30N6O4. The number of rotatable bonds is 9. The Morgan fingerprint density at radius 2 is 1.81 bits per heavy atom. The third-order valence-electron chi connectivity index (χ3n) is 6.24. The SMILES string of the molecule is CCN(CCC(=O)Nc1ccc(N2CCCC2=O)cc1)c1c(N)n(Cc2ccccc2)c(=O)[nH]c1=O. The Bertz CT molecular complexity index is 1350. The van der Waals surface area contributed by atoms with Gasteiger partial charge in [-0.3, -0.25) is 23.9 Å². The number of carbonyl (C=O) groups is 2. The van der Waals surface area contributed by atoms with Crippen LogP contribution in [0.4, 0.5) is 22.9 Å². The largest absolute Gasteiger partial charge is 0.383 e. The van der Waals surface area contributed by atoms with Gasteiger partial charge in [0.05, 0.1) is 6.54 Å². The first-order valence-corrected chi connectivity index (χ1v) is 12.0. The minimum Gasteiger partial charge on any atom is -0.383 e. The first kappa shape index (κ1) is 24.8. The monoisotopic (exact) mass is 490 g/mol. The number of aromatic nitrogens is 2. The number of anilines is 4. The number of hydrogen-bond acceptors (Lipinski definition) is 6. The molecule has 3 aromatic rings. The Morgan fingerprint density at radius 3 is 2.44 bits per heavy atom. The fraction of sp³-hybridized carbons (Fsp3) is 0.308. The van der Waals surface area contributed by atoms with Crippen LogP contribution < -0.4 is 32.1 Å². The van der Waals surface area contributed by atoms with Crippen molar-refractivity contribution in [3.05, 3.63) is 81.0 Å². The summed E-state index contributed by atoms with van der Waals surface area (Å²) in [5, 5.41) is 2.84. The molecule has 1 saturated heterocycles. The van der Waals surface area contributed by atoms with Crippen molar-refractivity contribution in [3.8, 4) is 0 Å². The molecule has 1 fully saturated rings. The lowest BCUT2D eigenvalue weighted by atomic mass is 10.2. The second-order valence-corrected chi connectivity index (χ2v) is 8.64. The van der Waals surface area contributed by atoms with Crippen LogP contribution in [-0.2, 0) is 16.1 Å². The molecule has 2 amide bonds. The molecule has 4 N–H and O–H groups in total. The van der Waals surface area contributed by atoms with Gasteiger partial charge in [-0.2, -0.15) is 0 Å². The van der Waals surface area contributed by atoms with E-state index in [9.17, 15) is 19.2 Å². The summed E-state index contributed by atoms with van der Waals surface area (Å²) in [6.45, 7) is 3.43. The van der Waals surface area contributed by atoms with Crippen LogP contribution in [-0.4, -0.2) is 41.0 Å². The molecule has 0 spiro atoms. The van der Waals surface area contributed by atoms with E-state index in [0.717, 1.165) is 17.7 Å². The van der Waals surface area contributed by atoms with Gasteiger partial charge in [0.1, 0.15) is 11.5 Å². The van der Waals surface area contributed by atoms with Crippen molar-refractivity contribution in [1.82, 2.24) is 9.55 Å². The molecule has 0 unspecified atom stereocenters. The number of benzene rings is 2. The summed E-state index contributed by atoms with van der Waals surface area (Å²) in [5.74, 6) is -0.0660. The molecule has 36 heavy (non-hydrogen) atoms. The zero-order chi connectivity index (χ0) is 25.7. The van der Waals surface area contributed by atoms with Crippen LogP contribution in [0.25, 0.3) is 0 Å². The number of aromatic amines is 1. The highest BCUT2D eigenvalue weighted by Crippen LogP contribution is 2.23. The van der Waals surface area contributed by atoms with Gasteiger partial charge in [-0.05, 0) is 43.2 Å². The molecule has 1 aromatic heterocycles.